The molecule has 0 spiro atoms. The highest BCUT2D eigenvalue weighted by atomic mass is 16.2. The molecule has 2 aromatic heterocycles. The van der Waals surface area contributed by atoms with Gasteiger partial charge in [0, 0.05) is 13.1 Å². The average molecular weight is 318 g/mol. The molecule has 2 rings (SSSR count). The molecule has 0 aliphatic rings. The largest absolute Gasteiger partial charge is 0.382 e. The number of hydrogen-bond acceptors (Lipinski definition) is 5. The summed E-state index contributed by atoms with van der Waals surface area (Å²) in [6.07, 6.45) is 7.20. The highest BCUT2D eigenvalue weighted by Crippen LogP contribution is 2.20. The molecule has 0 aromatic carbocycles. The lowest BCUT2D eigenvalue weighted by atomic mass is 10.2. The number of unbranched alkanes of at least 4 members (excludes halogenated alkanes) is 2. The molecule has 0 aliphatic carbocycles. The standard InChI is InChI=1S/C16H26N6O/c1-4-6-8-21(9-7-5-2)16(23)12(3)22-11-20-13-14(17)18-10-19-15(13)22/h10-12H,4-9H2,1-3H3,(H2,17,18,19)/t12-/m0/s1. The average Bonchev–Trinajstić information content (AvgIpc) is 2.99. The Bertz CT molecular complexity index is 645. The highest BCUT2D eigenvalue weighted by Gasteiger charge is 2.23. The minimum Gasteiger partial charge on any atom is -0.382 e. The summed E-state index contributed by atoms with van der Waals surface area (Å²) in [5.41, 5.74) is 6.96. The first-order valence-electron chi connectivity index (χ1n) is 8.31. The third kappa shape index (κ3) is 3.78. The van der Waals surface area contributed by atoms with Crippen molar-refractivity contribution in [1.29, 1.82) is 0 Å². The lowest BCUT2D eigenvalue weighted by Crippen LogP contribution is -2.37. The second kappa shape index (κ2) is 7.89. The van der Waals surface area contributed by atoms with Crippen molar-refractivity contribution in [2.24, 2.45) is 0 Å². The van der Waals surface area contributed by atoms with Crippen molar-refractivity contribution in [3.8, 4) is 0 Å². The monoisotopic (exact) mass is 318 g/mol. The molecule has 2 heterocycles. The quantitative estimate of drug-likeness (QED) is 0.807. The summed E-state index contributed by atoms with van der Waals surface area (Å²) in [6, 6.07) is -0.358. The molecule has 7 heteroatoms. The van der Waals surface area contributed by atoms with Gasteiger partial charge in [-0.2, -0.15) is 0 Å². The molecule has 0 radical (unpaired) electrons. The molecule has 2 aromatic rings. The molecule has 1 atom stereocenters. The maximum Gasteiger partial charge on any atom is 0.245 e. The van der Waals surface area contributed by atoms with Gasteiger partial charge in [-0.1, -0.05) is 26.7 Å². The van der Waals surface area contributed by atoms with Crippen LogP contribution < -0.4 is 5.73 Å². The Labute approximate surface area is 136 Å². The van der Waals surface area contributed by atoms with Gasteiger partial charge in [0.25, 0.3) is 0 Å². The predicted molar refractivity (Wildman–Crippen MR) is 90.8 cm³/mol. The number of rotatable bonds is 8. The van der Waals surface area contributed by atoms with E-state index in [0.29, 0.717) is 17.0 Å². The maximum atomic E-state index is 12.9. The molecular formula is C16H26N6O. The number of fused-ring (bicyclic) bond motifs is 1. The van der Waals surface area contributed by atoms with Crippen LogP contribution in [0.5, 0.6) is 0 Å². The smallest absolute Gasteiger partial charge is 0.245 e. The number of imidazole rings is 1. The zero-order valence-corrected chi connectivity index (χ0v) is 14.2. The normalized spacial score (nSPS) is 12.5. The van der Waals surface area contributed by atoms with E-state index in [1.807, 2.05) is 11.8 Å². The van der Waals surface area contributed by atoms with Gasteiger partial charge < -0.3 is 15.2 Å². The van der Waals surface area contributed by atoms with E-state index in [1.165, 1.54) is 6.33 Å². The van der Waals surface area contributed by atoms with E-state index < -0.39 is 0 Å². The van der Waals surface area contributed by atoms with E-state index >= 15 is 0 Å². The van der Waals surface area contributed by atoms with Gasteiger partial charge in [-0.05, 0) is 19.8 Å². The molecule has 23 heavy (non-hydrogen) atoms. The fourth-order valence-corrected chi connectivity index (χ4v) is 2.57. The van der Waals surface area contributed by atoms with Crippen molar-refractivity contribution in [3.63, 3.8) is 0 Å². The number of aromatic nitrogens is 4. The highest BCUT2D eigenvalue weighted by molar-refractivity contribution is 5.85. The van der Waals surface area contributed by atoms with E-state index in [4.69, 9.17) is 5.73 Å². The topological polar surface area (TPSA) is 89.9 Å². The molecule has 2 N–H and O–H groups in total. The van der Waals surface area contributed by atoms with Gasteiger partial charge in [-0.25, -0.2) is 15.0 Å². The molecule has 0 saturated heterocycles. The van der Waals surface area contributed by atoms with Crippen molar-refractivity contribution in [2.45, 2.75) is 52.5 Å². The van der Waals surface area contributed by atoms with Crippen LogP contribution in [0.15, 0.2) is 12.7 Å². The molecule has 0 fully saturated rings. The van der Waals surface area contributed by atoms with Crippen LogP contribution in [0.2, 0.25) is 0 Å². The molecule has 126 valence electrons. The number of nitrogen functional groups attached to an aromatic ring is 1. The van der Waals surface area contributed by atoms with Gasteiger partial charge in [0.1, 0.15) is 17.9 Å². The van der Waals surface area contributed by atoms with E-state index in [0.717, 1.165) is 38.8 Å². The van der Waals surface area contributed by atoms with Crippen molar-refractivity contribution in [1.82, 2.24) is 24.4 Å². The van der Waals surface area contributed by atoms with Crippen LogP contribution in [-0.4, -0.2) is 43.4 Å². The molecular weight excluding hydrogens is 292 g/mol. The molecule has 0 saturated carbocycles. The van der Waals surface area contributed by atoms with Crippen molar-refractivity contribution >= 4 is 22.9 Å². The van der Waals surface area contributed by atoms with Crippen LogP contribution in [0.25, 0.3) is 11.2 Å². The van der Waals surface area contributed by atoms with Crippen LogP contribution in [0.4, 0.5) is 5.82 Å². The first-order chi connectivity index (χ1) is 11.1. The van der Waals surface area contributed by atoms with Crippen LogP contribution in [0.3, 0.4) is 0 Å². The van der Waals surface area contributed by atoms with Gasteiger partial charge in [-0.15, -0.1) is 0 Å². The SMILES string of the molecule is CCCCN(CCCC)C(=O)[C@H](C)n1cnc2c(N)ncnc21. The second-order valence-electron chi connectivity index (χ2n) is 5.79. The van der Waals surface area contributed by atoms with Gasteiger partial charge in [0.15, 0.2) is 11.5 Å². The van der Waals surface area contributed by atoms with Crippen LogP contribution in [0.1, 0.15) is 52.5 Å². The predicted octanol–water partition coefficient (Wildman–Crippen LogP) is 2.40. The lowest BCUT2D eigenvalue weighted by molar-refractivity contribution is -0.134. The van der Waals surface area contributed by atoms with Gasteiger partial charge in [0.05, 0.1) is 6.33 Å². The summed E-state index contributed by atoms with van der Waals surface area (Å²) in [5, 5.41) is 0. The number of carbonyl (C=O) groups is 1. The second-order valence-corrected chi connectivity index (χ2v) is 5.79. The first-order valence-corrected chi connectivity index (χ1v) is 8.31. The van der Waals surface area contributed by atoms with E-state index in [1.54, 1.807) is 10.9 Å². The number of hydrogen-bond donors (Lipinski definition) is 1. The summed E-state index contributed by atoms with van der Waals surface area (Å²) in [4.78, 5) is 27.2. The lowest BCUT2D eigenvalue weighted by Gasteiger charge is -2.26. The Morgan fingerprint density at radius 1 is 1.22 bits per heavy atom. The Morgan fingerprint density at radius 2 is 1.87 bits per heavy atom. The summed E-state index contributed by atoms with van der Waals surface area (Å²) in [6.45, 7) is 7.74. The summed E-state index contributed by atoms with van der Waals surface area (Å²) < 4.78 is 1.78. The van der Waals surface area contributed by atoms with Gasteiger partial charge >= 0.3 is 0 Å². The van der Waals surface area contributed by atoms with Crippen molar-refractivity contribution in [3.05, 3.63) is 12.7 Å². The van der Waals surface area contributed by atoms with Crippen molar-refractivity contribution < 1.29 is 4.79 Å². The maximum absolute atomic E-state index is 12.9. The Hall–Kier alpha value is -2.18. The van der Waals surface area contributed by atoms with Gasteiger partial charge in [-0.3, -0.25) is 4.79 Å². The Kier molecular flexibility index (Phi) is 5.90. The van der Waals surface area contributed by atoms with Gasteiger partial charge in [0.2, 0.25) is 5.91 Å². The summed E-state index contributed by atoms with van der Waals surface area (Å²) >= 11 is 0. The first kappa shape index (κ1) is 17.2. The Morgan fingerprint density at radius 3 is 2.48 bits per heavy atom. The minimum atomic E-state index is -0.358. The fraction of sp³-hybridized carbons (Fsp3) is 0.625. The number of carbonyl (C=O) groups excluding carboxylic acids is 1. The third-order valence-electron chi connectivity index (χ3n) is 4.04. The molecule has 0 aliphatic heterocycles. The van der Waals surface area contributed by atoms with Crippen LogP contribution in [0, 0.1) is 0 Å². The summed E-state index contributed by atoms with van der Waals surface area (Å²) in [5.74, 6) is 0.436. The zero-order chi connectivity index (χ0) is 16.8. The number of anilines is 1. The van der Waals surface area contributed by atoms with Crippen LogP contribution >= 0.6 is 0 Å². The molecule has 7 nitrogen and oxygen atoms in total. The van der Waals surface area contributed by atoms with Crippen LogP contribution in [-0.2, 0) is 4.79 Å². The third-order valence-corrected chi connectivity index (χ3v) is 4.04. The van der Waals surface area contributed by atoms with Crippen molar-refractivity contribution in [2.75, 3.05) is 18.8 Å². The number of nitrogens with two attached hydrogens (primary N) is 1. The summed E-state index contributed by atoms with van der Waals surface area (Å²) in [7, 11) is 0. The Balaban J connectivity index is 2.22. The molecule has 0 unspecified atom stereocenters. The fourth-order valence-electron chi connectivity index (χ4n) is 2.57. The van der Waals surface area contributed by atoms with E-state index in [-0.39, 0.29) is 11.9 Å². The van der Waals surface area contributed by atoms with E-state index in [9.17, 15) is 4.79 Å². The zero-order valence-electron chi connectivity index (χ0n) is 14.2. The number of nitrogens with zero attached hydrogens (tertiary/aromatic N) is 5. The van der Waals surface area contributed by atoms with E-state index in [2.05, 4.69) is 28.8 Å². The minimum absolute atomic E-state index is 0.100. The number of amides is 1. The molecule has 0 bridgehead atoms. The molecule has 1 amide bonds.